The topological polar surface area (TPSA) is 119 Å². The summed E-state index contributed by atoms with van der Waals surface area (Å²) in [5.74, 6) is 2.49. The largest absolute Gasteiger partial charge is 0.325 e. The van der Waals surface area contributed by atoms with Crippen LogP contribution in [0.2, 0.25) is 0 Å². The molecule has 0 unspecified atom stereocenters. The van der Waals surface area contributed by atoms with Crippen molar-refractivity contribution >= 4 is 22.5 Å². The number of anilines is 2. The van der Waals surface area contributed by atoms with Crippen molar-refractivity contribution < 1.29 is 0 Å². The van der Waals surface area contributed by atoms with Gasteiger partial charge in [-0.25, -0.2) is 19.9 Å². The maximum absolute atomic E-state index is 12.5. The number of H-pyrrole nitrogens is 1. The van der Waals surface area contributed by atoms with E-state index in [0.717, 1.165) is 16.9 Å². The Morgan fingerprint density at radius 2 is 1.90 bits per heavy atom. The van der Waals surface area contributed by atoms with Crippen LogP contribution in [0.15, 0.2) is 53.7 Å². The quantitative estimate of drug-likeness (QED) is 0.465. The summed E-state index contributed by atoms with van der Waals surface area (Å²) >= 11 is 0. The first-order chi connectivity index (χ1) is 15.0. The molecule has 0 bridgehead atoms. The van der Waals surface area contributed by atoms with E-state index in [9.17, 15) is 4.79 Å². The highest BCUT2D eigenvalue weighted by Crippen LogP contribution is 2.23. The molecule has 0 amide bonds. The number of rotatable bonds is 4. The lowest BCUT2D eigenvalue weighted by Crippen LogP contribution is -2.04. The van der Waals surface area contributed by atoms with Crippen LogP contribution >= 0.6 is 0 Å². The molecule has 154 valence electrons. The van der Waals surface area contributed by atoms with Crippen molar-refractivity contribution in [2.24, 2.45) is 7.05 Å². The lowest BCUT2D eigenvalue weighted by molar-refractivity contribution is 0.768. The zero-order valence-electron chi connectivity index (χ0n) is 17.2. The molecule has 31 heavy (non-hydrogen) atoms. The van der Waals surface area contributed by atoms with Gasteiger partial charge < -0.3 is 5.32 Å². The van der Waals surface area contributed by atoms with Gasteiger partial charge in [-0.1, -0.05) is 12.1 Å². The third-order valence-corrected chi connectivity index (χ3v) is 4.77. The number of benzene rings is 1. The van der Waals surface area contributed by atoms with E-state index in [1.165, 1.54) is 0 Å². The van der Waals surface area contributed by atoms with E-state index >= 15 is 0 Å². The summed E-state index contributed by atoms with van der Waals surface area (Å²) in [6.45, 7) is 3.74. The zero-order valence-corrected chi connectivity index (χ0v) is 17.2. The molecule has 0 aliphatic rings. The third kappa shape index (κ3) is 3.54. The van der Waals surface area contributed by atoms with Crippen LogP contribution in [0.1, 0.15) is 11.5 Å². The monoisotopic (exact) mass is 413 g/mol. The van der Waals surface area contributed by atoms with Crippen LogP contribution in [0.4, 0.5) is 11.6 Å². The number of aryl methyl sites for hydroxylation is 3. The van der Waals surface area contributed by atoms with Gasteiger partial charge in [-0.15, -0.1) is 0 Å². The minimum absolute atomic E-state index is 0.218. The normalized spacial score (nSPS) is 11.2. The molecule has 0 radical (unpaired) electrons. The van der Waals surface area contributed by atoms with Crippen LogP contribution < -0.4 is 10.9 Å². The molecule has 0 aliphatic heterocycles. The van der Waals surface area contributed by atoms with Gasteiger partial charge in [0.25, 0.3) is 5.56 Å². The SMILES string of the molecule is Cc1cc(Nc2cc3c(cn2)c(=O)[nH]n3-c2cccc(-c3ncn(C)n3)c2)nc(C)n1. The molecule has 4 heterocycles. The first-order valence-corrected chi connectivity index (χ1v) is 9.63. The molecule has 5 rings (SSSR count). The number of aromatic amines is 1. The summed E-state index contributed by atoms with van der Waals surface area (Å²) in [7, 11) is 1.82. The van der Waals surface area contributed by atoms with E-state index in [0.29, 0.717) is 34.2 Å². The number of hydrogen-bond acceptors (Lipinski definition) is 7. The fraction of sp³-hybridized carbons (Fsp3) is 0.143. The molecule has 2 N–H and O–H groups in total. The number of nitrogens with zero attached hydrogens (tertiary/aromatic N) is 7. The molecular formula is C21H19N9O. The van der Waals surface area contributed by atoms with Gasteiger partial charge in [-0.05, 0) is 26.0 Å². The average Bonchev–Trinajstić information content (AvgIpc) is 3.31. The fourth-order valence-electron chi connectivity index (χ4n) is 3.47. The highest BCUT2D eigenvalue weighted by atomic mass is 16.1. The molecule has 1 aromatic carbocycles. The second-order valence-electron chi connectivity index (χ2n) is 7.22. The Balaban J connectivity index is 1.58. The van der Waals surface area contributed by atoms with Crippen LogP contribution in [0.25, 0.3) is 28.0 Å². The van der Waals surface area contributed by atoms with Gasteiger partial charge in [0.1, 0.15) is 23.8 Å². The van der Waals surface area contributed by atoms with Gasteiger partial charge >= 0.3 is 0 Å². The number of hydrogen-bond donors (Lipinski definition) is 2. The Bertz CT molecular complexity index is 1460. The Morgan fingerprint density at radius 3 is 2.68 bits per heavy atom. The second-order valence-corrected chi connectivity index (χ2v) is 7.22. The van der Waals surface area contributed by atoms with Gasteiger partial charge in [0, 0.05) is 36.6 Å². The predicted octanol–water partition coefficient (Wildman–Crippen LogP) is 2.66. The molecule has 0 saturated heterocycles. The Labute approximate surface area is 176 Å². The molecule has 10 nitrogen and oxygen atoms in total. The molecule has 0 atom stereocenters. The minimum atomic E-state index is -0.218. The van der Waals surface area contributed by atoms with E-state index in [2.05, 4.69) is 35.5 Å². The van der Waals surface area contributed by atoms with E-state index in [1.54, 1.807) is 21.9 Å². The van der Waals surface area contributed by atoms with Gasteiger partial charge in [0.15, 0.2) is 5.82 Å². The lowest BCUT2D eigenvalue weighted by Gasteiger charge is -2.09. The molecule has 0 fully saturated rings. The fourth-order valence-corrected chi connectivity index (χ4v) is 3.47. The number of pyridine rings is 1. The van der Waals surface area contributed by atoms with Crippen molar-refractivity contribution in [3.63, 3.8) is 0 Å². The molecule has 5 aromatic rings. The van der Waals surface area contributed by atoms with Crippen LogP contribution in [0, 0.1) is 13.8 Å². The third-order valence-electron chi connectivity index (χ3n) is 4.77. The summed E-state index contributed by atoms with van der Waals surface area (Å²) in [4.78, 5) is 29.8. The van der Waals surface area contributed by atoms with Gasteiger partial charge in [-0.3, -0.25) is 19.3 Å². The average molecular weight is 413 g/mol. The van der Waals surface area contributed by atoms with Gasteiger partial charge in [-0.2, -0.15) is 5.10 Å². The molecule has 0 saturated carbocycles. The molecular weight excluding hydrogens is 394 g/mol. The van der Waals surface area contributed by atoms with Gasteiger partial charge in [0.2, 0.25) is 0 Å². The standard InChI is InChI=1S/C21H19N9O/c1-12-7-19(25-13(2)24-12)26-18-9-17-16(10-22-18)21(31)28-30(17)15-6-4-5-14(8-15)20-23-11-29(3)27-20/h4-11H,1-3H3,(H,28,31)(H,22,24,25,26). The predicted molar refractivity (Wildman–Crippen MR) is 116 cm³/mol. The Kier molecular flexibility index (Phi) is 4.32. The van der Waals surface area contributed by atoms with Crippen molar-refractivity contribution in [2.45, 2.75) is 13.8 Å². The minimum Gasteiger partial charge on any atom is -0.325 e. The van der Waals surface area contributed by atoms with Gasteiger partial charge in [0.05, 0.1) is 16.6 Å². The second kappa shape index (κ2) is 7.17. The van der Waals surface area contributed by atoms with Crippen molar-refractivity contribution in [3.05, 3.63) is 70.8 Å². The molecule has 0 aliphatic carbocycles. The van der Waals surface area contributed by atoms with Crippen LogP contribution in [0.5, 0.6) is 0 Å². The van der Waals surface area contributed by atoms with E-state index < -0.39 is 0 Å². The van der Waals surface area contributed by atoms with Crippen LogP contribution in [0.3, 0.4) is 0 Å². The maximum Gasteiger partial charge on any atom is 0.273 e. The summed E-state index contributed by atoms with van der Waals surface area (Å²) in [5.41, 5.74) is 2.96. The van der Waals surface area contributed by atoms with Crippen LogP contribution in [-0.2, 0) is 7.05 Å². The summed E-state index contributed by atoms with van der Waals surface area (Å²) in [6, 6.07) is 11.3. The lowest BCUT2D eigenvalue weighted by atomic mass is 10.2. The summed E-state index contributed by atoms with van der Waals surface area (Å²) < 4.78 is 3.38. The first-order valence-electron chi connectivity index (χ1n) is 9.63. The smallest absolute Gasteiger partial charge is 0.273 e. The van der Waals surface area contributed by atoms with Crippen molar-refractivity contribution in [1.29, 1.82) is 0 Å². The molecule has 0 spiro atoms. The Hall–Kier alpha value is -4.34. The highest BCUT2D eigenvalue weighted by molar-refractivity contribution is 5.82. The molecule has 4 aromatic heterocycles. The first kappa shape index (κ1) is 18.7. The zero-order chi connectivity index (χ0) is 21.5. The van der Waals surface area contributed by atoms with E-state index in [-0.39, 0.29) is 5.56 Å². The maximum atomic E-state index is 12.5. The number of aromatic nitrogens is 8. The van der Waals surface area contributed by atoms with Crippen molar-refractivity contribution in [3.8, 4) is 17.1 Å². The summed E-state index contributed by atoms with van der Waals surface area (Å²) in [5, 5.41) is 10.9. The molecule has 10 heteroatoms. The number of fused-ring (bicyclic) bond motifs is 1. The van der Waals surface area contributed by atoms with E-state index in [4.69, 9.17) is 0 Å². The van der Waals surface area contributed by atoms with E-state index in [1.807, 2.05) is 57.3 Å². The van der Waals surface area contributed by atoms with Crippen LogP contribution in [-0.4, -0.2) is 39.5 Å². The number of nitrogens with one attached hydrogen (secondary N) is 2. The van der Waals surface area contributed by atoms with Crippen molar-refractivity contribution in [1.82, 2.24) is 39.5 Å². The highest BCUT2D eigenvalue weighted by Gasteiger charge is 2.12. The summed E-state index contributed by atoms with van der Waals surface area (Å²) in [6.07, 6.45) is 3.20. The Morgan fingerprint density at radius 1 is 1.03 bits per heavy atom. The van der Waals surface area contributed by atoms with Crippen molar-refractivity contribution in [2.75, 3.05) is 5.32 Å².